The van der Waals surface area contributed by atoms with E-state index < -0.39 is 6.17 Å². The van der Waals surface area contributed by atoms with Gasteiger partial charge in [0, 0.05) is 24.8 Å². The minimum atomic E-state index is -0.631. The van der Waals surface area contributed by atoms with Crippen molar-refractivity contribution >= 4 is 5.82 Å². The second kappa shape index (κ2) is 4.63. The molecule has 1 aliphatic rings. The van der Waals surface area contributed by atoms with Crippen molar-refractivity contribution in [2.45, 2.75) is 45.2 Å². The molecule has 2 heterocycles. The van der Waals surface area contributed by atoms with Gasteiger partial charge in [-0.1, -0.05) is 26.8 Å². The topological polar surface area (TPSA) is 16.1 Å². The number of piperidine rings is 1. The fourth-order valence-corrected chi connectivity index (χ4v) is 2.29. The standard InChI is InChI=1S/C14H21FN2/c1-14(2,3)12-5-4-8-16-13(12)17-9-6-11(15)7-10-17/h4-5,8,11H,6-7,9-10H2,1-3H3. The van der Waals surface area contributed by atoms with Crippen LogP contribution in [0, 0.1) is 0 Å². The summed E-state index contributed by atoms with van der Waals surface area (Å²) in [6.07, 6.45) is 2.44. The van der Waals surface area contributed by atoms with Crippen LogP contribution >= 0.6 is 0 Å². The highest BCUT2D eigenvalue weighted by atomic mass is 19.1. The quantitative estimate of drug-likeness (QED) is 0.743. The summed E-state index contributed by atoms with van der Waals surface area (Å²) in [6.45, 7) is 8.13. The molecule has 1 aromatic heterocycles. The lowest BCUT2D eigenvalue weighted by molar-refractivity contribution is 0.276. The van der Waals surface area contributed by atoms with Crippen molar-refractivity contribution in [1.29, 1.82) is 0 Å². The highest BCUT2D eigenvalue weighted by Crippen LogP contribution is 2.31. The van der Waals surface area contributed by atoms with E-state index in [9.17, 15) is 4.39 Å². The zero-order chi connectivity index (χ0) is 12.5. The number of nitrogens with zero attached hydrogens (tertiary/aromatic N) is 2. The van der Waals surface area contributed by atoms with Crippen LogP contribution in [0.25, 0.3) is 0 Å². The smallest absolute Gasteiger partial charge is 0.132 e. The summed E-state index contributed by atoms with van der Waals surface area (Å²) in [4.78, 5) is 6.72. The third-order valence-corrected chi connectivity index (χ3v) is 3.32. The molecule has 0 N–H and O–H groups in total. The van der Waals surface area contributed by atoms with Crippen molar-refractivity contribution in [2.75, 3.05) is 18.0 Å². The van der Waals surface area contributed by atoms with Gasteiger partial charge in [0.05, 0.1) is 0 Å². The Kier molecular flexibility index (Phi) is 3.36. The molecule has 17 heavy (non-hydrogen) atoms. The Balaban J connectivity index is 2.26. The van der Waals surface area contributed by atoms with Crippen LogP contribution in [-0.2, 0) is 5.41 Å². The molecule has 1 fully saturated rings. The van der Waals surface area contributed by atoms with Gasteiger partial charge in [-0.2, -0.15) is 0 Å². The Hall–Kier alpha value is -1.12. The van der Waals surface area contributed by atoms with Crippen LogP contribution in [0.2, 0.25) is 0 Å². The highest BCUT2D eigenvalue weighted by molar-refractivity contribution is 5.50. The monoisotopic (exact) mass is 236 g/mol. The van der Waals surface area contributed by atoms with Crippen molar-refractivity contribution in [1.82, 2.24) is 4.98 Å². The fraction of sp³-hybridized carbons (Fsp3) is 0.643. The lowest BCUT2D eigenvalue weighted by Gasteiger charge is -2.33. The molecule has 0 atom stereocenters. The van der Waals surface area contributed by atoms with Crippen LogP contribution in [0.5, 0.6) is 0 Å². The van der Waals surface area contributed by atoms with Gasteiger partial charge in [-0.05, 0) is 24.3 Å². The van der Waals surface area contributed by atoms with Crippen molar-refractivity contribution < 1.29 is 4.39 Å². The average molecular weight is 236 g/mol. The molecule has 0 radical (unpaired) electrons. The Morgan fingerprint density at radius 2 is 1.94 bits per heavy atom. The summed E-state index contributed by atoms with van der Waals surface area (Å²) >= 11 is 0. The maximum atomic E-state index is 13.2. The van der Waals surface area contributed by atoms with Crippen LogP contribution in [0.15, 0.2) is 18.3 Å². The largest absolute Gasteiger partial charge is 0.356 e. The second-order valence-electron chi connectivity index (χ2n) is 5.79. The maximum Gasteiger partial charge on any atom is 0.132 e. The van der Waals surface area contributed by atoms with E-state index in [1.165, 1.54) is 5.56 Å². The number of hydrogen-bond donors (Lipinski definition) is 0. The van der Waals surface area contributed by atoms with Gasteiger partial charge in [0.15, 0.2) is 0 Å². The molecule has 0 aliphatic carbocycles. The SMILES string of the molecule is CC(C)(C)c1cccnc1N1CCC(F)CC1. The predicted octanol–water partition coefficient (Wildman–Crippen LogP) is 3.32. The summed E-state index contributed by atoms with van der Waals surface area (Å²) < 4.78 is 13.2. The van der Waals surface area contributed by atoms with Gasteiger partial charge < -0.3 is 4.90 Å². The molecule has 2 rings (SSSR count). The summed E-state index contributed by atoms with van der Waals surface area (Å²) in [6, 6.07) is 4.11. The van der Waals surface area contributed by atoms with Gasteiger partial charge >= 0.3 is 0 Å². The van der Waals surface area contributed by atoms with E-state index in [2.05, 4.69) is 36.7 Å². The Morgan fingerprint density at radius 3 is 2.53 bits per heavy atom. The Labute approximate surface area is 103 Å². The number of aromatic nitrogens is 1. The number of pyridine rings is 1. The summed E-state index contributed by atoms with van der Waals surface area (Å²) in [5.41, 5.74) is 1.33. The van der Waals surface area contributed by atoms with Crippen molar-refractivity contribution in [3.8, 4) is 0 Å². The van der Waals surface area contributed by atoms with E-state index in [0.717, 1.165) is 18.9 Å². The van der Waals surface area contributed by atoms with Crippen molar-refractivity contribution in [2.24, 2.45) is 0 Å². The van der Waals surface area contributed by atoms with E-state index in [1.54, 1.807) is 0 Å². The van der Waals surface area contributed by atoms with Gasteiger partial charge in [0.2, 0.25) is 0 Å². The molecule has 0 saturated carbocycles. The molecule has 3 heteroatoms. The van der Waals surface area contributed by atoms with E-state index >= 15 is 0 Å². The molecule has 1 aromatic rings. The molecule has 0 aromatic carbocycles. The van der Waals surface area contributed by atoms with Crippen LogP contribution < -0.4 is 4.90 Å². The van der Waals surface area contributed by atoms with Gasteiger partial charge in [-0.15, -0.1) is 0 Å². The molecular formula is C14H21FN2. The van der Waals surface area contributed by atoms with E-state index in [4.69, 9.17) is 0 Å². The Bertz CT molecular complexity index is 376. The number of rotatable bonds is 1. The first kappa shape index (κ1) is 12.3. The molecule has 94 valence electrons. The minimum Gasteiger partial charge on any atom is -0.356 e. The molecular weight excluding hydrogens is 215 g/mol. The first-order chi connectivity index (χ1) is 7.98. The fourth-order valence-electron chi connectivity index (χ4n) is 2.29. The van der Waals surface area contributed by atoms with E-state index in [0.29, 0.717) is 12.8 Å². The molecule has 0 spiro atoms. The van der Waals surface area contributed by atoms with Gasteiger partial charge in [-0.25, -0.2) is 9.37 Å². The summed E-state index contributed by atoms with van der Waals surface area (Å²) in [5.74, 6) is 1.03. The summed E-state index contributed by atoms with van der Waals surface area (Å²) in [5, 5.41) is 0. The van der Waals surface area contributed by atoms with E-state index in [-0.39, 0.29) is 5.41 Å². The van der Waals surface area contributed by atoms with Crippen LogP contribution in [0.4, 0.5) is 10.2 Å². The first-order valence-electron chi connectivity index (χ1n) is 6.33. The zero-order valence-corrected chi connectivity index (χ0v) is 10.9. The van der Waals surface area contributed by atoms with Gasteiger partial charge in [0.25, 0.3) is 0 Å². The van der Waals surface area contributed by atoms with Crippen molar-refractivity contribution in [3.63, 3.8) is 0 Å². The molecule has 0 amide bonds. The van der Waals surface area contributed by atoms with Crippen LogP contribution in [-0.4, -0.2) is 24.2 Å². The molecule has 2 nitrogen and oxygen atoms in total. The van der Waals surface area contributed by atoms with Crippen LogP contribution in [0.1, 0.15) is 39.2 Å². The average Bonchev–Trinajstić information content (AvgIpc) is 2.29. The van der Waals surface area contributed by atoms with Gasteiger partial charge in [-0.3, -0.25) is 0 Å². The number of alkyl halides is 1. The lowest BCUT2D eigenvalue weighted by Crippen LogP contribution is -2.36. The molecule has 1 aliphatic heterocycles. The first-order valence-corrected chi connectivity index (χ1v) is 6.33. The van der Waals surface area contributed by atoms with Gasteiger partial charge in [0.1, 0.15) is 12.0 Å². The third kappa shape index (κ3) is 2.76. The Morgan fingerprint density at radius 1 is 1.29 bits per heavy atom. The summed E-state index contributed by atoms with van der Waals surface area (Å²) in [7, 11) is 0. The number of anilines is 1. The van der Waals surface area contributed by atoms with E-state index in [1.807, 2.05) is 12.3 Å². The normalized spacial score (nSPS) is 18.5. The van der Waals surface area contributed by atoms with Crippen molar-refractivity contribution in [3.05, 3.63) is 23.9 Å². The third-order valence-electron chi connectivity index (χ3n) is 3.32. The predicted molar refractivity (Wildman–Crippen MR) is 69.3 cm³/mol. The number of halogens is 1. The lowest BCUT2D eigenvalue weighted by atomic mass is 9.87. The number of hydrogen-bond acceptors (Lipinski definition) is 2. The maximum absolute atomic E-state index is 13.2. The molecule has 0 unspecified atom stereocenters. The molecule has 0 bridgehead atoms. The minimum absolute atomic E-state index is 0.0795. The zero-order valence-electron chi connectivity index (χ0n) is 10.9. The molecule has 1 saturated heterocycles. The van der Waals surface area contributed by atoms with Crippen LogP contribution in [0.3, 0.4) is 0 Å². The second-order valence-corrected chi connectivity index (χ2v) is 5.79. The highest BCUT2D eigenvalue weighted by Gasteiger charge is 2.25.